The molecule has 0 saturated heterocycles. The predicted molar refractivity (Wildman–Crippen MR) is 110 cm³/mol. The van der Waals surface area contributed by atoms with Crippen molar-refractivity contribution in [2.45, 2.75) is 13.0 Å². The van der Waals surface area contributed by atoms with E-state index in [4.69, 9.17) is 9.57 Å². The summed E-state index contributed by atoms with van der Waals surface area (Å²) in [6.07, 6.45) is -0.828. The van der Waals surface area contributed by atoms with Crippen molar-refractivity contribution in [3.05, 3.63) is 90.0 Å². The molecule has 1 atom stereocenters. The first-order chi connectivity index (χ1) is 13.7. The second kappa shape index (κ2) is 6.50. The third-order valence-corrected chi connectivity index (χ3v) is 5.02. The third-order valence-electron chi connectivity index (χ3n) is 5.02. The van der Waals surface area contributed by atoms with E-state index in [0.29, 0.717) is 11.6 Å². The van der Waals surface area contributed by atoms with E-state index in [9.17, 15) is 4.79 Å². The first-order valence-electron chi connectivity index (χ1n) is 9.15. The van der Waals surface area contributed by atoms with Crippen molar-refractivity contribution in [1.82, 2.24) is 0 Å². The van der Waals surface area contributed by atoms with Crippen LogP contribution in [0.3, 0.4) is 0 Å². The minimum atomic E-state index is -0.828. The lowest BCUT2D eigenvalue weighted by atomic mass is 9.92. The summed E-state index contributed by atoms with van der Waals surface area (Å²) in [5.74, 6) is 0.837. The Balaban J connectivity index is 1.87. The first kappa shape index (κ1) is 16.5. The summed E-state index contributed by atoms with van der Waals surface area (Å²) in [5.41, 5.74) is 1.51. The molecule has 0 fully saturated rings. The molecule has 0 aliphatic carbocycles. The van der Waals surface area contributed by atoms with Crippen LogP contribution in [0.25, 0.3) is 21.5 Å². The van der Waals surface area contributed by atoms with Crippen LogP contribution in [0.5, 0.6) is 5.75 Å². The van der Waals surface area contributed by atoms with E-state index in [2.05, 4.69) is 17.3 Å². The van der Waals surface area contributed by atoms with Gasteiger partial charge >= 0.3 is 0 Å². The quantitative estimate of drug-likeness (QED) is 0.446. The molecule has 1 aliphatic rings. The van der Waals surface area contributed by atoms with Crippen LogP contribution in [0.15, 0.2) is 84.0 Å². The fourth-order valence-corrected chi connectivity index (χ4v) is 3.74. The maximum Gasteiger partial charge on any atom is 0.263 e. The first-order valence-corrected chi connectivity index (χ1v) is 9.15. The lowest BCUT2D eigenvalue weighted by molar-refractivity contribution is -0.128. The standard InChI is InChI=1S/C24H17NO3/c1-15(26)22-21-19-13-7-5-11-17(19)18-12-6-8-14-20(18)23(21)27-24(25-28-22)16-9-3-2-4-10-16/h2-14,22H,1H3. The highest BCUT2D eigenvalue weighted by Gasteiger charge is 2.31. The number of nitrogens with zero attached hydrogens (tertiary/aromatic N) is 1. The fraction of sp³-hybridized carbons (Fsp3) is 0.0833. The number of hydrogen-bond acceptors (Lipinski definition) is 4. The molecule has 1 aliphatic heterocycles. The number of benzene rings is 4. The maximum absolute atomic E-state index is 12.5. The maximum atomic E-state index is 12.5. The summed E-state index contributed by atoms with van der Waals surface area (Å²) in [5, 5.41) is 8.17. The van der Waals surface area contributed by atoms with Crippen LogP contribution >= 0.6 is 0 Å². The van der Waals surface area contributed by atoms with Crippen LogP contribution in [-0.4, -0.2) is 11.7 Å². The monoisotopic (exact) mass is 367 g/mol. The zero-order valence-electron chi connectivity index (χ0n) is 15.3. The molecule has 136 valence electrons. The van der Waals surface area contributed by atoms with Gasteiger partial charge in [0.05, 0.1) is 5.56 Å². The summed E-state index contributed by atoms with van der Waals surface area (Å²) < 4.78 is 6.32. The van der Waals surface area contributed by atoms with E-state index in [-0.39, 0.29) is 5.78 Å². The van der Waals surface area contributed by atoms with Gasteiger partial charge in [0, 0.05) is 10.9 Å². The van der Waals surface area contributed by atoms with Crippen molar-refractivity contribution in [2.75, 3.05) is 0 Å². The summed E-state index contributed by atoms with van der Waals surface area (Å²) in [4.78, 5) is 18.2. The van der Waals surface area contributed by atoms with Crippen LogP contribution in [0.2, 0.25) is 0 Å². The summed E-state index contributed by atoms with van der Waals surface area (Å²) >= 11 is 0. The number of Topliss-reactive ketones (excluding diaryl/α,β-unsaturated/α-hetero) is 1. The smallest absolute Gasteiger partial charge is 0.263 e. The van der Waals surface area contributed by atoms with Gasteiger partial charge in [-0.05, 0) is 40.4 Å². The van der Waals surface area contributed by atoms with Crippen LogP contribution in [0.1, 0.15) is 24.2 Å². The van der Waals surface area contributed by atoms with Gasteiger partial charge in [-0.1, -0.05) is 66.7 Å². The Hall–Kier alpha value is -3.66. The van der Waals surface area contributed by atoms with Gasteiger partial charge < -0.3 is 9.57 Å². The van der Waals surface area contributed by atoms with Crippen molar-refractivity contribution < 1.29 is 14.4 Å². The van der Waals surface area contributed by atoms with Gasteiger partial charge in [-0.3, -0.25) is 4.79 Å². The van der Waals surface area contributed by atoms with E-state index in [1.807, 2.05) is 66.7 Å². The van der Waals surface area contributed by atoms with Gasteiger partial charge in [0.2, 0.25) is 6.10 Å². The summed E-state index contributed by atoms with van der Waals surface area (Å²) in [6, 6.07) is 25.6. The van der Waals surface area contributed by atoms with Gasteiger partial charge in [0.1, 0.15) is 5.75 Å². The zero-order valence-corrected chi connectivity index (χ0v) is 15.3. The molecule has 0 radical (unpaired) electrons. The topological polar surface area (TPSA) is 47.9 Å². The number of hydrogen-bond donors (Lipinski definition) is 0. The SMILES string of the molecule is CC(=O)C1ON=C(c2ccccc2)Oc2c1c1ccccc1c1ccccc21. The van der Waals surface area contributed by atoms with Crippen molar-refractivity contribution in [3.63, 3.8) is 0 Å². The third kappa shape index (κ3) is 2.54. The molecule has 4 aromatic rings. The second-order valence-corrected chi connectivity index (χ2v) is 6.79. The van der Waals surface area contributed by atoms with Crippen molar-refractivity contribution in [2.24, 2.45) is 5.16 Å². The Morgan fingerprint density at radius 2 is 1.36 bits per heavy atom. The molecule has 4 nitrogen and oxygen atoms in total. The van der Waals surface area contributed by atoms with E-state index in [1.165, 1.54) is 6.92 Å². The van der Waals surface area contributed by atoms with Crippen molar-refractivity contribution >= 4 is 33.2 Å². The minimum Gasteiger partial charge on any atom is -0.435 e. The molecule has 0 N–H and O–H groups in total. The van der Waals surface area contributed by atoms with Crippen molar-refractivity contribution in [3.8, 4) is 5.75 Å². The number of fused-ring (bicyclic) bond motifs is 6. The lowest BCUT2D eigenvalue weighted by Crippen LogP contribution is -2.11. The summed E-state index contributed by atoms with van der Waals surface area (Å²) in [6.45, 7) is 1.52. The van der Waals surface area contributed by atoms with Gasteiger partial charge in [-0.15, -0.1) is 0 Å². The van der Waals surface area contributed by atoms with Crippen LogP contribution in [0, 0.1) is 0 Å². The van der Waals surface area contributed by atoms with Crippen LogP contribution in [0.4, 0.5) is 0 Å². The molecule has 0 saturated carbocycles. The predicted octanol–water partition coefficient (Wildman–Crippen LogP) is 5.39. The number of oxime groups is 1. The van der Waals surface area contributed by atoms with Gasteiger partial charge in [0.15, 0.2) is 5.78 Å². The molecule has 0 amide bonds. The Morgan fingerprint density at radius 1 is 0.786 bits per heavy atom. The minimum absolute atomic E-state index is 0.122. The fourth-order valence-electron chi connectivity index (χ4n) is 3.74. The van der Waals surface area contributed by atoms with Gasteiger partial charge in [-0.2, -0.15) is 0 Å². The van der Waals surface area contributed by atoms with E-state index in [1.54, 1.807) is 0 Å². The zero-order chi connectivity index (χ0) is 19.1. The highest BCUT2D eigenvalue weighted by molar-refractivity contribution is 6.14. The largest absolute Gasteiger partial charge is 0.435 e. The van der Waals surface area contributed by atoms with E-state index < -0.39 is 6.10 Å². The number of carbonyl (C=O) groups excluding carboxylic acids is 1. The van der Waals surface area contributed by atoms with Gasteiger partial charge in [0.25, 0.3) is 5.90 Å². The molecule has 0 spiro atoms. The van der Waals surface area contributed by atoms with E-state index >= 15 is 0 Å². The highest BCUT2D eigenvalue weighted by atomic mass is 16.7. The second-order valence-electron chi connectivity index (χ2n) is 6.79. The molecule has 1 unspecified atom stereocenters. The Morgan fingerprint density at radius 3 is 2.04 bits per heavy atom. The average molecular weight is 367 g/mol. The lowest BCUT2D eigenvalue weighted by Gasteiger charge is -2.18. The number of rotatable bonds is 2. The average Bonchev–Trinajstić information content (AvgIpc) is 2.95. The molecule has 0 aromatic heterocycles. The normalized spacial score (nSPS) is 15.9. The molecular weight excluding hydrogens is 350 g/mol. The Bertz CT molecular complexity index is 1240. The van der Waals surface area contributed by atoms with Crippen LogP contribution in [-0.2, 0) is 9.63 Å². The molecule has 5 rings (SSSR count). The molecule has 4 aromatic carbocycles. The van der Waals surface area contributed by atoms with Gasteiger partial charge in [-0.25, -0.2) is 0 Å². The number of ether oxygens (including phenoxy) is 1. The molecule has 1 heterocycles. The van der Waals surface area contributed by atoms with Crippen LogP contribution < -0.4 is 4.74 Å². The van der Waals surface area contributed by atoms with Crippen molar-refractivity contribution in [1.29, 1.82) is 0 Å². The summed E-state index contributed by atoms with van der Waals surface area (Å²) in [7, 11) is 0. The molecule has 0 bridgehead atoms. The van der Waals surface area contributed by atoms with E-state index in [0.717, 1.165) is 32.7 Å². The number of carbonyl (C=O) groups is 1. The Kier molecular flexibility index (Phi) is 3.83. The molecular formula is C24H17NO3. The highest BCUT2D eigenvalue weighted by Crippen LogP contribution is 2.44. The molecule has 4 heteroatoms. The number of ketones is 1. The Labute approximate surface area is 162 Å². The molecule has 28 heavy (non-hydrogen) atoms.